The van der Waals surface area contributed by atoms with Crippen LogP contribution in [0.15, 0.2) is 30.3 Å². The maximum absolute atomic E-state index is 13.1. The maximum Gasteiger partial charge on any atom is 0.313 e. The summed E-state index contributed by atoms with van der Waals surface area (Å²) in [7, 11) is 0. The summed E-state index contributed by atoms with van der Waals surface area (Å²) >= 11 is 6.32. The van der Waals surface area contributed by atoms with Crippen LogP contribution in [0, 0.1) is 12.3 Å². The van der Waals surface area contributed by atoms with E-state index < -0.39 is 11.8 Å². The Balaban J connectivity index is 1.84. The molecule has 1 fully saturated rings. The molecule has 170 valence electrons. The van der Waals surface area contributed by atoms with E-state index in [0.717, 1.165) is 12.8 Å². The van der Waals surface area contributed by atoms with Crippen molar-refractivity contribution in [2.75, 3.05) is 18.4 Å². The van der Waals surface area contributed by atoms with Crippen LogP contribution in [0.5, 0.6) is 17.2 Å². The number of anilines is 1. The van der Waals surface area contributed by atoms with E-state index in [1.165, 1.54) is 24.3 Å². The van der Waals surface area contributed by atoms with Crippen LogP contribution in [-0.4, -0.2) is 40.8 Å². The molecule has 0 unspecified atom stereocenters. The molecule has 2 aromatic carbocycles. The number of carbonyl (C=O) groups is 3. The highest BCUT2D eigenvalue weighted by Crippen LogP contribution is 2.37. The molecule has 3 rings (SSSR count). The second kappa shape index (κ2) is 9.08. The number of rotatable bonds is 4. The summed E-state index contributed by atoms with van der Waals surface area (Å²) in [5, 5.41) is 12.8. The number of nitrogens with one attached hydrogen (secondary N) is 1. The number of ether oxygens (including phenoxy) is 1. The quantitative estimate of drug-likeness (QED) is 0.600. The summed E-state index contributed by atoms with van der Waals surface area (Å²) in [6.07, 6.45) is 1.95. The Bertz CT molecular complexity index is 1060. The number of aryl methyl sites for hydroxylation is 1. The smallest absolute Gasteiger partial charge is 0.313 e. The monoisotopic (exact) mass is 459 g/mol. The molecular weight excluding hydrogens is 434 g/mol. The lowest BCUT2D eigenvalue weighted by atomic mass is 9.84. The van der Waals surface area contributed by atoms with Crippen LogP contribution in [0.25, 0.3) is 0 Å². The van der Waals surface area contributed by atoms with Crippen molar-refractivity contribution in [1.82, 2.24) is 4.90 Å². The number of nitrogens with zero attached hydrogens (tertiary/aromatic N) is 1. The van der Waals surface area contributed by atoms with Gasteiger partial charge in [-0.15, -0.1) is 0 Å². The Hall–Kier alpha value is -3.26. The number of phenols is 1. The lowest BCUT2D eigenvalue weighted by Gasteiger charge is -2.38. The molecule has 1 aliphatic heterocycles. The molecule has 0 radical (unpaired) electrons. The molecule has 3 amide bonds. The Morgan fingerprint density at radius 3 is 2.56 bits per heavy atom. The molecule has 0 aromatic heterocycles. The van der Waals surface area contributed by atoms with Gasteiger partial charge >= 0.3 is 11.8 Å². The average molecular weight is 460 g/mol. The molecular formula is C23H26ClN3O5. The number of nitrogens with two attached hydrogens (primary N) is 1. The molecule has 0 bridgehead atoms. The lowest BCUT2D eigenvalue weighted by molar-refractivity contribution is -0.134. The van der Waals surface area contributed by atoms with Crippen molar-refractivity contribution < 1.29 is 24.2 Å². The second-order valence-electron chi connectivity index (χ2n) is 8.70. The number of hydrogen-bond donors (Lipinski definition) is 3. The predicted molar refractivity (Wildman–Crippen MR) is 121 cm³/mol. The molecule has 4 N–H and O–H groups in total. The van der Waals surface area contributed by atoms with Crippen LogP contribution in [0.2, 0.25) is 5.02 Å². The second-order valence-corrected chi connectivity index (χ2v) is 9.11. The number of hydrogen-bond acceptors (Lipinski definition) is 5. The van der Waals surface area contributed by atoms with Gasteiger partial charge in [0.05, 0.1) is 10.6 Å². The number of halogens is 1. The standard InChI is InChI=1S/C23H26ClN3O5/c1-13-9-14(26-21(30)20(25)29)10-17(24)19(13)32-15-5-6-18(28)16(11-15)22(31)27-8-4-7-23(2,3)12-27/h5-6,9-11,28H,4,7-8,12H2,1-3H3,(H2,25,29)(H,26,30). The highest BCUT2D eigenvalue weighted by molar-refractivity contribution is 6.39. The van der Waals surface area contributed by atoms with E-state index >= 15 is 0 Å². The summed E-state index contributed by atoms with van der Waals surface area (Å²) in [5.74, 6) is -1.83. The molecule has 1 aliphatic rings. The summed E-state index contributed by atoms with van der Waals surface area (Å²) in [6.45, 7) is 7.19. The fraction of sp³-hybridized carbons (Fsp3) is 0.348. The predicted octanol–water partition coefficient (Wildman–Crippen LogP) is 3.83. The summed E-state index contributed by atoms with van der Waals surface area (Å²) in [5.41, 5.74) is 5.99. The molecule has 32 heavy (non-hydrogen) atoms. The highest BCUT2D eigenvalue weighted by Gasteiger charge is 2.30. The number of piperidine rings is 1. The fourth-order valence-corrected chi connectivity index (χ4v) is 4.06. The van der Waals surface area contributed by atoms with Gasteiger partial charge in [-0.25, -0.2) is 0 Å². The van der Waals surface area contributed by atoms with Gasteiger partial charge in [-0.3, -0.25) is 14.4 Å². The van der Waals surface area contributed by atoms with Crippen LogP contribution in [0.1, 0.15) is 42.6 Å². The Morgan fingerprint density at radius 2 is 1.94 bits per heavy atom. The Morgan fingerprint density at radius 1 is 1.22 bits per heavy atom. The van der Waals surface area contributed by atoms with Gasteiger partial charge in [0.1, 0.15) is 17.2 Å². The normalized spacial score (nSPS) is 15.2. The lowest BCUT2D eigenvalue weighted by Crippen LogP contribution is -2.43. The van der Waals surface area contributed by atoms with E-state index in [0.29, 0.717) is 30.2 Å². The van der Waals surface area contributed by atoms with E-state index in [1.807, 2.05) is 0 Å². The third kappa shape index (κ3) is 5.31. The van der Waals surface area contributed by atoms with Crippen molar-refractivity contribution in [1.29, 1.82) is 0 Å². The van der Waals surface area contributed by atoms with Crippen LogP contribution >= 0.6 is 11.6 Å². The molecule has 1 saturated heterocycles. The van der Waals surface area contributed by atoms with Gasteiger partial charge in [0.15, 0.2) is 0 Å². The van der Waals surface area contributed by atoms with Crippen LogP contribution in [0.4, 0.5) is 5.69 Å². The number of likely N-dealkylation sites (tertiary alicyclic amines) is 1. The number of benzene rings is 2. The minimum absolute atomic E-state index is 0.0218. The van der Waals surface area contributed by atoms with E-state index in [-0.39, 0.29) is 33.3 Å². The first-order valence-electron chi connectivity index (χ1n) is 10.2. The number of amides is 3. The van der Waals surface area contributed by atoms with Gasteiger partial charge in [-0.2, -0.15) is 0 Å². The molecule has 9 heteroatoms. The minimum atomic E-state index is -1.11. The van der Waals surface area contributed by atoms with Crippen molar-refractivity contribution in [3.05, 3.63) is 46.5 Å². The zero-order valence-electron chi connectivity index (χ0n) is 18.2. The number of phenolic OH excluding ortho intramolecular Hbond substituents is 1. The van der Waals surface area contributed by atoms with Gasteiger partial charge in [0, 0.05) is 18.8 Å². The van der Waals surface area contributed by atoms with Gasteiger partial charge < -0.3 is 25.8 Å². The highest BCUT2D eigenvalue weighted by atomic mass is 35.5. The number of carbonyl (C=O) groups excluding carboxylic acids is 3. The van der Waals surface area contributed by atoms with E-state index in [1.54, 1.807) is 17.9 Å². The molecule has 0 spiro atoms. The van der Waals surface area contributed by atoms with Crippen molar-refractivity contribution in [3.63, 3.8) is 0 Å². The SMILES string of the molecule is Cc1cc(NC(=O)C(N)=O)cc(Cl)c1Oc1ccc(O)c(C(=O)N2CCCC(C)(C)C2)c1. The third-order valence-electron chi connectivity index (χ3n) is 5.32. The maximum atomic E-state index is 13.1. The van der Waals surface area contributed by atoms with Crippen molar-refractivity contribution in [2.24, 2.45) is 11.1 Å². The van der Waals surface area contributed by atoms with Gasteiger partial charge in [0.2, 0.25) is 0 Å². The van der Waals surface area contributed by atoms with Crippen molar-refractivity contribution >= 4 is 35.0 Å². The van der Waals surface area contributed by atoms with E-state index in [9.17, 15) is 19.5 Å². The first-order valence-corrected chi connectivity index (χ1v) is 10.6. The third-order valence-corrected chi connectivity index (χ3v) is 5.60. The van der Waals surface area contributed by atoms with Gasteiger partial charge in [0.25, 0.3) is 5.91 Å². The summed E-state index contributed by atoms with van der Waals surface area (Å²) < 4.78 is 5.90. The van der Waals surface area contributed by atoms with Gasteiger partial charge in [-0.1, -0.05) is 25.4 Å². The molecule has 8 nitrogen and oxygen atoms in total. The molecule has 0 aliphatic carbocycles. The minimum Gasteiger partial charge on any atom is -0.507 e. The van der Waals surface area contributed by atoms with Crippen molar-refractivity contribution in [3.8, 4) is 17.2 Å². The average Bonchev–Trinajstić information content (AvgIpc) is 2.70. The molecule has 1 heterocycles. The number of aromatic hydroxyl groups is 1. The summed E-state index contributed by atoms with van der Waals surface area (Å²) in [4.78, 5) is 37.2. The van der Waals surface area contributed by atoms with Crippen LogP contribution in [-0.2, 0) is 9.59 Å². The summed E-state index contributed by atoms with van der Waals surface area (Å²) in [6, 6.07) is 7.42. The topological polar surface area (TPSA) is 122 Å². The van der Waals surface area contributed by atoms with Crippen LogP contribution < -0.4 is 15.8 Å². The zero-order valence-corrected chi connectivity index (χ0v) is 19.0. The number of primary amides is 1. The Labute approximate surface area is 191 Å². The van der Waals surface area contributed by atoms with E-state index in [4.69, 9.17) is 22.1 Å². The van der Waals surface area contributed by atoms with Crippen molar-refractivity contribution in [2.45, 2.75) is 33.6 Å². The molecule has 2 aromatic rings. The fourth-order valence-electron chi connectivity index (χ4n) is 3.76. The Kier molecular flexibility index (Phi) is 6.64. The van der Waals surface area contributed by atoms with Crippen LogP contribution in [0.3, 0.4) is 0 Å². The molecule has 0 atom stereocenters. The van der Waals surface area contributed by atoms with E-state index in [2.05, 4.69) is 19.2 Å². The first-order chi connectivity index (χ1) is 15.0. The zero-order chi connectivity index (χ0) is 23.6. The first kappa shape index (κ1) is 23.4. The molecule has 0 saturated carbocycles. The largest absolute Gasteiger partial charge is 0.507 e. The van der Waals surface area contributed by atoms with Gasteiger partial charge in [-0.05, 0) is 61.1 Å².